The van der Waals surface area contributed by atoms with Gasteiger partial charge in [-0.15, -0.1) is 0 Å². The number of rotatable bonds is 2. The number of hydrogen-bond acceptors (Lipinski definition) is 3. The van der Waals surface area contributed by atoms with Gasteiger partial charge in [-0.05, 0) is 40.2 Å². The molecule has 0 aliphatic rings. The first-order chi connectivity index (χ1) is 9.06. The third-order valence-corrected chi connectivity index (χ3v) is 3.54. The smallest absolute Gasteiger partial charge is 0.356 e. The standard InChI is InChI=1S/C13H9BrN2O3/c1-16-11(5-10(15-16)13(17)18)7-2-3-12-8(4-7)9(14)6-19-12/h2-6H,1H3,(H,17,18). The molecule has 6 heteroatoms. The highest BCUT2D eigenvalue weighted by Crippen LogP contribution is 2.30. The average molecular weight is 321 g/mol. The molecule has 0 spiro atoms. The highest BCUT2D eigenvalue weighted by molar-refractivity contribution is 9.10. The first-order valence-electron chi connectivity index (χ1n) is 5.51. The molecule has 0 fully saturated rings. The van der Waals surface area contributed by atoms with Crippen molar-refractivity contribution in [2.75, 3.05) is 0 Å². The number of furan rings is 1. The lowest BCUT2D eigenvalue weighted by molar-refractivity contribution is 0.0689. The Morgan fingerprint density at radius 3 is 2.89 bits per heavy atom. The molecule has 2 aromatic heterocycles. The molecule has 0 unspecified atom stereocenters. The lowest BCUT2D eigenvalue weighted by atomic mass is 10.1. The van der Waals surface area contributed by atoms with E-state index in [0.717, 1.165) is 26.7 Å². The molecular weight excluding hydrogens is 312 g/mol. The fourth-order valence-electron chi connectivity index (χ4n) is 2.00. The zero-order chi connectivity index (χ0) is 13.6. The Hall–Kier alpha value is -2.08. The molecule has 0 amide bonds. The summed E-state index contributed by atoms with van der Waals surface area (Å²) in [5.74, 6) is -1.03. The molecule has 1 N–H and O–H groups in total. The van der Waals surface area contributed by atoms with Gasteiger partial charge in [0.2, 0.25) is 0 Å². The van der Waals surface area contributed by atoms with Crippen LogP contribution in [0.25, 0.3) is 22.2 Å². The van der Waals surface area contributed by atoms with Crippen LogP contribution in [-0.2, 0) is 7.05 Å². The maximum Gasteiger partial charge on any atom is 0.356 e. The van der Waals surface area contributed by atoms with Gasteiger partial charge in [-0.1, -0.05) is 0 Å². The van der Waals surface area contributed by atoms with Crippen LogP contribution in [0.4, 0.5) is 0 Å². The van der Waals surface area contributed by atoms with Crippen molar-refractivity contribution in [2.45, 2.75) is 0 Å². The summed E-state index contributed by atoms with van der Waals surface area (Å²) in [6.07, 6.45) is 1.63. The van der Waals surface area contributed by atoms with Crippen LogP contribution < -0.4 is 0 Å². The van der Waals surface area contributed by atoms with Crippen LogP contribution in [-0.4, -0.2) is 20.9 Å². The largest absolute Gasteiger partial charge is 0.476 e. The Balaban J connectivity index is 2.18. The van der Waals surface area contributed by atoms with Crippen molar-refractivity contribution in [1.82, 2.24) is 9.78 Å². The third-order valence-electron chi connectivity index (χ3n) is 2.92. The van der Waals surface area contributed by atoms with E-state index in [1.54, 1.807) is 24.1 Å². The van der Waals surface area contributed by atoms with Crippen molar-refractivity contribution in [3.05, 3.63) is 40.7 Å². The summed E-state index contributed by atoms with van der Waals surface area (Å²) < 4.78 is 7.77. The number of halogens is 1. The summed E-state index contributed by atoms with van der Waals surface area (Å²) in [5.41, 5.74) is 2.43. The SMILES string of the molecule is Cn1nc(C(=O)O)cc1-c1ccc2occ(Br)c2c1. The number of carbonyl (C=O) groups is 1. The number of hydrogen-bond donors (Lipinski definition) is 1. The first kappa shape index (κ1) is 12.0. The average Bonchev–Trinajstić information content (AvgIpc) is 2.93. The second-order valence-electron chi connectivity index (χ2n) is 4.14. The van der Waals surface area contributed by atoms with E-state index in [0.29, 0.717) is 0 Å². The molecule has 0 aliphatic carbocycles. The Morgan fingerprint density at radius 1 is 1.42 bits per heavy atom. The zero-order valence-corrected chi connectivity index (χ0v) is 11.5. The number of nitrogens with zero attached hydrogens (tertiary/aromatic N) is 2. The maximum atomic E-state index is 10.9. The topological polar surface area (TPSA) is 68.3 Å². The molecule has 0 saturated heterocycles. The summed E-state index contributed by atoms with van der Waals surface area (Å²) in [6.45, 7) is 0. The third kappa shape index (κ3) is 1.94. The number of carboxylic acid groups (broad SMARTS) is 1. The van der Waals surface area contributed by atoms with Crippen LogP contribution in [0.1, 0.15) is 10.5 Å². The summed E-state index contributed by atoms with van der Waals surface area (Å²) in [4.78, 5) is 10.9. The van der Waals surface area contributed by atoms with Crippen molar-refractivity contribution in [3.63, 3.8) is 0 Å². The number of carboxylic acids is 1. The number of aryl methyl sites for hydroxylation is 1. The molecule has 3 aromatic rings. The lowest BCUT2D eigenvalue weighted by Gasteiger charge is -2.01. The highest BCUT2D eigenvalue weighted by atomic mass is 79.9. The quantitative estimate of drug-likeness (QED) is 0.786. The van der Waals surface area contributed by atoms with Gasteiger partial charge >= 0.3 is 5.97 Å². The van der Waals surface area contributed by atoms with Gasteiger partial charge < -0.3 is 9.52 Å². The molecule has 0 bridgehead atoms. The highest BCUT2D eigenvalue weighted by Gasteiger charge is 2.13. The minimum absolute atomic E-state index is 0.0313. The fourth-order valence-corrected chi connectivity index (χ4v) is 2.40. The van der Waals surface area contributed by atoms with Crippen LogP contribution in [0.2, 0.25) is 0 Å². The van der Waals surface area contributed by atoms with Gasteiger partial charge in [0, 0.05) is 18.0 Å². The summed E-state index contributed by atoms with van der Waals surface area (Å²) in [5, 5.41) is 13.9. The predicted octanol–water partition coefficient (Wildman–Crippen LogP) is 3.29. The Morgan fingerprint density at radius 2 is 2.21 bits per heavy atom. The van der Waals surface area contributed by atoms with Crippen molar-refractivity contribution in [1.29, 1.82) is 0 Å². The van der Waals surface area contributed by atoms with Gasteiger partial charge in [0.05, 0.1) is 10.2 Å². The minimum Gasteiger partial charge on any atom is -0.476 e. The van der Waals surface area contributed by atoms with Crippen LogP contribution >= 0.6 is 15.9 Å². The molecule has 0 saturated carbocycles. The summed E-state index contributed by atoms with van der Waals surface area (Å²) in [7, 11) is 1.72. The minimum atomic E-state index is -1.03. The number of benzene rings is 1. The monoisotopic (exact) mass is 320 g/mol. The van der Waals surface area contributed by atoms with Crippen LogP contribution in [0.3, 0.4) is 0 Å². The molecule has 0 aliphatic heterocycles. The van der Waals surface area contributed by atoms with E-state index < -0.39 is 5.97 Å². The number of aromatic carboxylic acids is 1. The van der Waals surface area contributed by atoms with E-state index in [-0.39, 0.29) is 5.69 Å². The van der Waals surface area contributed by atoms with Gasteiger partial charge in [-0.2, -0.15) is 5.10 Å². The van der Waals surface area contributed by atoms with E-state index in [9.17, 15) is 4.79 Å². The van der Waals surface area contributed by atoms with Crippen molar-refractivity contribution >= 4 is 32.9 Å². The van der Waals surface area contributed by atoms with Crippen LogP contribution in [0.15, 0.2) is 39.4 Å². The summed E-state index contributed by atoms with van der Waals surface area (Å²) in [6, 6.07) is 7.22. The molecule has 5 nitrogen and oxygen atoms in total. The lowest BCUT2D eigenvalue weighted by Crippen LogP contribution is -1.99. The van der Waals surface area contributed by atoms with E-state index in [2.05, 4.69) is 21.0 Å². The second kappa shape index (κ2) is 4.24. The van der Waals surface area contributed by atoms with E-state index in [4.69, 9.17) is 9.52 Å². The van der Waals surface area contributed by atoms with Crippen LogP contribution in [0.5, 0.6) is 0 Å². The van der Waals surface area contributed by atoms with E-state index in [1.165, 1.54) is 0 Å². The molecule has 3 rings (SSSR count). The number of fused-ring (bicyclic) bond motifs is 1. The van der Waals surface area contributed by atoms with Crippen molar-refractivity contribution in [3.8, 4) is 11.3 Å². The fraction of sp³-hybridized carbons (Fsp3) is 0.0769. The number of aromatic nitrogens is 2. The van der Waals surface area contributed by atoms with E-state index >= 15 is 0 Å². The predicted molar refractivity (Wildman–Crippen MR) is 73.1 cm³/mol. The van der Waals surface area contributed by atoms with Crippen molar-refractivity contribution < 1.29 is 14.3 Å². The van der Waals surface area contributed by atoms with Crippen LogP contribution in [0, 0.1) is 0 Å². The Labute approximate surface area is 116 Å². The first-order valence-corrected chi connectivity index (χ1v) is 6.30. The van der Waals surface area contributed by atoms with Gasteiger partial charge in [0.15, 0.2) is 5.69 Å². The maximum absolute atomic E-state index is 10.9. The molecule has 0 radical (unpaired) electrons. The Kier molecular flexibility index (Phi) is 2.67. The summed E-state index contributed by atoms with van der Waals surface area (Å²) >= 11 is 3.41. The zero-order valence-electron chi connectivity index (χ0n) is 9.92. The van der Waals surface area contributed by atoms with E-state index in [1.807, 2.05) is 18.2 Å². The van der Waals surface area contributed by atoms with Gasteiger partial charge in [0.1, 0.15) is 11.8 Å². The van der Waals surface area contributed by atoms with Gasteiger partial charge in [-0.3, -0.25) is 4.68 Å². The molecular formula is C13H9BrN2O3. The molecule has 19 heavy (non-hydrogen) atoms. The molecule has 1 aromatic carbocycles. The van der Waals surface area contributed by atoms with Gasteiger partial charge in [-0.25, -0.2) is 4.79 Å². The Bertz CT molecular complexity index is 788. The van der Waals surface area contributed by atoms with Gasteiger partial charge in [0.25, 0.3) is 0 Å². The molecule has 0 atom stereocenters. The van der Waals surface area contributed by atoms with Crippen molar-refractivity contribution in [2.24, 2.45) is 7.05 Å². The normalized spacial score (nSPS) is 11.1. The molecule has 2 heterocycles. The molecule has 96 valence electrons. The second-order valence-corrected chi connectivity index (χ2v) is 4.99.